The minimum absolute atomic E-state index is 0. The summed E-state index contributed by atoms with van der Waals surface area (Å²) in [5, 5.41) is 0. The standard InChI is InChI=1S/C20H40N.ClH/c1-5-8-9-10-11-12-13-14-15-16-17-20-21(4,18-6-2)19-7-3;/h6-7H,2-3,5,8-20H2,1,4H3;1H/q+1;/p-1. The number of unbranched alkanes of at least 4 members (excludes halogenated alkanes) is 10. The molecule has 0 atom stereocenters. The molecule has 0 amide bonds. The van der Waals surface area contributed by atoms with Crippen LogP contribution in [0.5, 0.6) is 0 Å². The van der Waals surface area contributed by atoms with Crippen LogP contribution in [0.25, 0.3) is 0 Å². The smallest absolute Gasteiger partial charge is 0.0971 e. The van der Waals surface area contributed by atoms with Crippen molar-refractivity contribution >= 4 is 0 Å². The molecule has 0 bridgehead atoms. The molecule has 0 aromatic carbocycles. The number of likely N-dealkylation sites (N-methyl/N-ethyl adjacent to an activating group) is 1. The Bertz CT molecular complexity index is 240. The maximum Gasteiger partial charge on any atom is 0.0971 e. The molecular weight excluding hydrogens is 290 g/mol. The van der Waals surface area contributed by atoms with Gasteiger partial charge in [-0.15, -0.1) is 0 Å². The fourth-order valence-corrected chi connectivity index (χ4v) is 3.04. The number of hydrogen-bond donors (Lipinski definition) is 0. The molecule has 0 unspecified atom stereocenters. The summed E-state index contributed by atoms with van der Waals surface area (Å²) in [6.07, 6.45) is 19.7. The second-order valence-corrected chi connectivity index (χ2v) is 6.82. The average molecular weight is 330 g/mol. The molecule has 1 nitrogen and oxygen atoms in total. The van der Waals surface area contributed by atoms with E-state index in [1.165, 1.54) is 77.2 Å². The van der Waals surface area contributed by atoms with Crippen LogP contribution in [0.4, 0.5) is 0 Å². The molecule has 0 rings (SSSR count). The van der Waals surface area contributed by atoms with Gasteiger partial charge in [0.1, 0.15) is 0 Å². The summed E-state index contributed by atoms with van der Waals surface area (Å²) in [5.41, 5.74) is 0. The highest BCUT2D eigenvalue weighted by Gasteiger charge is 2.16. The topological polar surface area (TPSA) is 0 Å². The maximum absolute atomic E-state index is 3.88. The van der Waals surface area contributed by atoms with Crippen molar-refractivity contribution in [3.05, 3.63) is 25.3 Å². The third-order valence-electron chi connectivity index (χ3n) is 4.44. The Morgan fingerprint density at radius 3 is 1.41 bits per heavy atom. The largest absolute Gasteiger partial charge is 1.00 e. The van der Waals surface area contributed by atoms with Crippen molar-refractivity contribution in [1.82, 2.24) is 0 Å². The Balaban J connectivity index is 0. The van der Waals surface area contributed by atoms with E-state index >= 15 is 0 Å². The van der Waals surface area contributed by atoms with Gasteiger partial charge in [0.25, 0.3) is 0 Å². The van der Waals surface area contributed by atoms with E-state index in [-0.39, 0.29) is 12.4 Å². The van der Waals surface area contributed by atoms with Gasteiger partial charge < -0.3 is 16.9 Å². The van der Waals surface area contributed by atoms with Crippen molar-refractivity contribution in [2.45, 2.75) is 77.6 Å². The Morgan fingerprint density at radius 1 is 0.682 bits per heavy atom. The highest BCUT2D eigenvalue weighted by atomic mass is 35.5. The fourth-order valence-electron chi connectivity index (χ4n) is 3.04. The van der Waals surface area contributed by atoms with Gasteiger partial charge in [-0.1, -0.05) is 77.9 Å². The molecule has 2 heteroatoms. The van der Waals surface area contributed by atoms with Crippen LogP contribution >= 0.6 is 0 Å². The molecule has 0 aliphatic carbocycles. The lowest BCUT2D eigenvalue weighted by molar-refractivity contribution is -0.898. The van der Waals surface area contributed by atoms with E-state index in [2.05, 4.69) is 27.1 Å². The maximum atomic E-state index is 3.88. The lowest BCUT2D eigenvalue weighted by atomic mass is 10.1. The zero-order valence-electron chi connectivity index (χ0n) is 15.3. The first-order valence-corrected chi connectivity index (χ1v) is 9.24. The molecule has 0 aliphatic rings. The van der Waals surface area contributed by atoms with Crippen molar-refractivity contribution in [2.75, 3.05) is 26.7 Å². The van der Waals surface area contributed by atoms with Gasteiger partial charge in [-0.2, -0.15) is 0 Å². The van der Waals surface area contributed by atoms with Crippen LogP contribution in [-0.2, 0) is 0 Å². The summed E-state index contributed by atoms with van der Waals surface area (Å²) >= 11 is 0. The summed E-state index contributed by atoms with van der Waals surface area (Å²) in [6.45, 7) is 13.4. The summed E-state index contributed by atoms with van der Waals surface area (Å²) in [7, 11) is 2.32. The Hall–Kier alpha value is -0.270. The van der Waals surface area contributed by atoms with E-state index in [1.807, 2.05) is 12.2 Å². The quantitative estimate of drug-likeness (QED) is 0.232. The average Bonchev–Trinajstić information content (AvgIpc) is 2.45. The highest BCUT2D eigenvalue weighted by molar-refractivity contribution is 4.71. The molecule has 0 saturated carbocycles. The second-order valence-electron chi connectivity index (χ2n) is 6.82. The SMILES string of the molecule is C=CC[N+](C)(CC=C)CCCCCCCCCCCCC.[Cl-]. The summed E-state index contributed by atoms with van der Waals surface area (Å²) in [4.78, 5) is 0. The predicted octanol–water partition coefficient (Wildman–Crippen LogP) is 3.12. The van der Waals surface area contributed by atoms with E-state index in [0.29, 0.717) is 0 Å². The first-order chi connectivity index (χ1) is 10.2. The Kier molecular flexibility index (Phi) is 18.6. The van der Waals surface area contributed by atoms with Gasteiger partial charge in [0.15, 0.2) is 0 Å². The van der Waals surface area contributed by atoms with Crippen molar-refractivity contribution in [3.63, 3.8) is 0 Å². The number of nitrogens with zero attached hydrogens (tertiary/aromatic N) is 1. The van der Waals surface area contributed by atoms with Crippen LogP contribution in [-0.4, -0.2) is 31.2 Å². The monoisotopic (exact) mass is 329 g/mol. The Morgan fingerprint density at radius 2 is 1.05 bits per heavy atom. The van der Waals surface area contributed by atoms with Crippen LogP contribution < -0.4 is 12.4 Å². The number of halogens is 1. The minimum Gasteiger partial charge on any atom is -1.00 e. The molecule has 0 spiro atoms. The van der Waals surface area contributed by atoms with E-state index in [0.717, 1.165) is 17.6 Å². The minimum atomic E-state index is 0. The number of hydrogen-bond acceptors (Lipinski definition) is 0. The summed E-state index contributed by atoms with van der Waals surface area (Å²) in [5.74, 6) is 0. The van der Waals surface area contributed by atoms with Crippen LogP contribution in [0.3, 0.4) is 0 Å². The second kappa shape index (κ2) is 17.1. The molecule has 132 valence electrons. The van der Waals surface area contributed by atoms with E-state index in [9.17, 15) is 0 Å². The van der Waals surface area contributed by atoms with Crippen molar-refractivity contribution < 1.29 is 16.9 Å². The normalized spacial score (nSPS) is 11.0. The van der Waals surface area contributed by atoms with Crippen molar-refractivity contribution in [3.8, 4) is 0 Å². The van der Waals surface area contributed by atoms with Gasteiger partial charge in [-0.3, -0.25) is 0 Å². The van der Waals surface area contributed by atoms with Gasteiger partial charge >= 0.3 is 0 Å². The molecule has 0 saturated heterocycles. The molecule has 0 fully saturated rings. The third kappa shape index (κ3) is 14.7. The molecule has 0 heterocycles. The molecule has 0 aromatic rings. The van der Waals surface area contributed by atoms with E-state index in [1.54, 1.807) is 0 Å². The highest BCUT2D eigenvalue weighted by Crippen LogP contribution is 2.13. The summed E-state index contributed by atoms with van der Waals surface area (Å²) < 4.78 is 1.07. The Labute approximate surface area is 146 Å². The zero-order valence-corrected chi connectivity index (χ0v) is 16.0. The van der Waals surface area contributed by atoms with Gasteiger partial charge in [0.2, 0.25) is 0 Å². The van der Waals surface area contributed by atoms with Crippen molar-refractivity contribution in [2.24, 2.45) is 0 Å². The molecular formula is C20H40ClN. The van der Waals surface area contributed by atoms with Gasteiger partial charge in [0, 0.05) is 0 Å². The first-order valence-electron chi connectivity index (χ1n) is 9.24. The van der Waals surface area contributed by atoms with Gasteiger partial charge in [-0.25, -0.2) is 0 Å². The first kappa shape index (κ1) is 24.0. The molecule has 0 N–H and O–H groups in total. The summed E-state index contributed by atoms with van der Waals surface area (Å²) in [6, 6.07) is 0. The van der Waals surface area contributed by atoms with Crippen LogP contribution in [0.15, 0.2) is 25.3 Å². The molecule has 0 aliphatic heterocycles. The van der Waals surface area contributed by atoms with E-state index in [4.69, 9.17) is 0 Å². The third-order valence-corrected chi connectivity index (χ3v) is 4.44. The number of quaternary nitrogens is 1. The fraction of sp³-hybridized carbons (Fsp3) is 0.800. The molecule has 22 heavy (non-hydrogen) atoms. The predicted molar refractivity (Wildman–Crippen MR) is 97.6 cm³/mol. The van der Waals surface area contributed by atoms with Crippen LogP contribution in [0, 0.1) is 0 Å². The van der Waals surface area contributed by atoms with Gasteiger partial charge in [0.05, 0.1) is 26.7 Å². The molecule has 0 radical (unpaired) electrons. The lowest BCUT2D eigenvalue weighted by Gasteiger charge is -2.32. The number of rotatable bonds is 16. The zero-order chi connectivity index (χ0) is 15.8. The van der Waals surface area contributed by atoms with E-state index < -0.39 is 0 Å². The molecule has 0 aromatic heterocycles. The van der Waals surface area contributed by atoms with Crippen LogP contribution in [0.2, 0.25) is 0 Å². The lowest BCUT2D eigenvalue weighted by Crippen LogP contribution is -3.00. The van der Waals surface area contributed by atoms with Gasteiger partial charge in [-0.05, 0) is 25.0 Å². The van der Waals surface area contributed by atoms with Crippen LogP contribution in [0.1, 0.15) is 77.6 Å². The van der Waals surface area contributed by atoms with Crippen molar-refractivity contribution in [1.29, 1.82) is 0 Å².